The van der Waals surface area contributed by atoms with Crippen LogP contribution in [0, 0.1) is 0 Å². The number of sulfone groups is 1. The summed E-state index contributed by atoms with van der Waals surface area (Å²) in [6.45, 7) is 1.74. The first kappa shape index (κ1) is 12.1. The highest BCUT2D eigenvalue weighted by molar-refractivity contribution is 7.91. The number of rotatable bonds is 2. The predicted octanol–water partition coefficient (Wildman–Crippen LogP) is -0.0600. The second-order valence-electron chi connectivity index (χ2n) is 4.21. The lowest BCUT2D eigenvalue weighted by Gasteiger charge is -2.08. The van der Waals surface area contributed by atoms with Gasteiger partial charge in [-0.1, -0.05) is 6.92 Å². The molecule has 1 saturated heterocycles. The molecule has 0 bridgehead atoms. The van der Waals surface area contributed by atoms with Gasteiger partial charge in [-0.05, 0) is 12.8 Å². The van der Waals surface area contributed by atoms with Gasteiger partial charge in [0.1, 0.15) is 5.82 Å². The molecule has 1 aliphatic heterocycles. The highest BCUT2D eigenvalue weighted by atomic mass is 32.2. The summed E-state index contributed by atoms with van der Waals surface area (Å²) in [5.74, 6) is -0.246. The Bertz CT molecular complexity index is 591. The van der Waals surface area contributed by atoms with Crippen molar-refractivity contribution in [3.63, 3.8) is 0 Å². The summed E-state index contributed by atoms with van der Waals surface area (Å²) >= 11 is 0. The molecule has 0 aliphatic carbocycles. The maximum Gasteiger partial charge on any atom is 0.257 e. The molecule has 0 radical (unpaired) electrons. The maximum atomic E-state index is 11.6. The van der Waals surface area contributed by atoms with Crippen molar-refractivity contribution < 1.29 is 13.5 Å². The fourth-order valence-electron chi connectivity index (χ4n) is 2.03. The van der Waals surface area contributed by atoms with Crippen LogP contribution in [0.15, 0.2) is 4.79 Å². The number of hydrogen-bond acceptors (Lipinski definition) is 5. The highest BCUT2D eigenvalue weighted by Gasteiger charge is 2.31. The van der Waals surface area contributed by atoms with Crippen molar-refractivity contribution in [3.8, 4) is 5.88 Å². The molecule has 0 saturated carbocycles. The number of aromatic amines is 1. The standard InChI is InChI=1S/C10H14N2O4S/c1-2-7-9(13)11-8(12-10(7)14)6-3-4-17(15,16)5-6/h6H,2-5H2,1H3,(H2,11,12,13,14). The first-order chi connectivity index (χ1) is 7.93. The number of nitrogens with one attached hydrogen (secondary N) is 1. The molecule has 0 amide bonds. The number of nitrogens with zero attached hydrogens (tertiary/aromatic N) is 1. The molecule has 17 heavy (non-hydrogen) atoms. The van der Waals surface area contributed by atoms with Crippen LogP contribution in [0.25, 0.3) is 0 Å². The van der Waals surface area contributed by atoms with E-state index < -0.39 is 9.84 Å². The Labute approximate surface area is 98.6 Å². The first-order valence-electron chi connectivity index (χ1n) is 5.45. The van der Waals surface area contributed by atoms with Gasteiger partial charge in [0.25, 0.3) is 5.56 Å². The van der Waals surface area contributed by atoms with Gasteiger partial charge in [-0.3, -0.25) is 4.79 Å². The fourth-order valence-corrected chi connectivity index (χ4v) is 3.77. The van der Waals surface area contributed by atoms with Crippen molar-refractivity contribution >= 4 is 9.84 Å². The van der Waals surface area contributed by atoms with E-state index in [0.29, 0.717) is 12.8 Å². The van der Waals surface area contributed by atoms with E-state index in [1.165, 1.54) is 0 Å². The smallest absolute Gasteiger partial charge is 0.257 e. The van der Waals surface area contributed by atoms with Crippen molar-refractivity contribution in [2.24, 2.45) is 0 Å². The summed E-state index contributed by atoms with van der Waals surface area (Å²) in [5.41, 5.74) is -0.158. The van der Waals surface area contributed by atoms with E-state index in [0.717, 1.165) is 0 Å². The molecule has 94 valence electrons. The monoisotopic (exact) mass is 258 g/mol. The van der Waals surface area contributed by atoms with Crippen molar-refractivity contribution in [1.82, 2.24) is 9.97 Å². The Morgan fingerprint density at radius 1 is 1.53 bits per heavy atom. The van der Waals surface area contributed by atoms with E-state index in [-0.39, 0.29) is 40.3 Å². The van der Waals surface area contributed by atoms with E-state index in [1.807, 2.05) is 0 Å². The van der Waals surface area contributed by atoms with Gasteiger partial charge < -0.3 is 10.1 Å². The van der Waals surface area contributed by atoms with Crippen LogP contribution in [0.1, 0.15) is 30.7 Å². The van der Waals surface area contributed by atoms with Crippen molar-refractivity contribution in [3.05, 3.63) is 21.7 Å². The van der Waals surface area contributed by atoms with Crippen LogP contribution >= 0.6 is 0 Å². The van der Waals surface area contributed by atoms with Crippen molar-refractivity contribution in [1.29, 1.82) is 0 Å². The van der Waals surface area contributed by atoms with Crippen LogP contribution in [0.2, 0.25) is 0 Å². The summed E-state index contributed by atoms with van der Waals surface area (Å²) in [6, 6.07) is 0. The summed E-state index contributed by atoms with van der Waals surface area (Å²) in [5, 5.41) is 9.58. The topological polar surface area (TPSA) is 100 Å². The minimum absolute atomic E-state index is 0.0130. The number of aromatic hydroxyl groups is 1. The highest BCUT2D eigenvalue weighted by Crippen LogP contribution is 2.26. The molecular weight excluding hydrogens is 244 g/mol. The Balaban J connectivity index is 2.39. The third kappa shape index (κ3) is 2.33. The molecule has 1 aromatic rings. The second kappa shape index (κ2) is 4.14. The molecule has 1 aromatic heterocycles. The van der Waals surface area contributed by atoms with Crippen LogP contribution in [-0.4, -0.2) is 35.0 Å². The summed E-state index contributed by atoms with van der Waals surface area (Å²) in [6.07, 6.45) is 0.827. The zero-order chi connectivity index (χ0) is 12.6. The van der Waals surface area contributed by atoms with Gasteiger partial charge in [-0.25, -0.2) is 8.42 Å². The van der Waals surface area contributed by atoms with Crippen molar-refractivity contribution in [2.75, 3.05) is 11.5 Å². The van der Waals surface area contributed by atoms with Gasteiger partial charge in [-0.2, -0.15) is 4.98 Å². The molecule has 2 rings (SSSR count). The van der Waals surface area contributed by atoms with Gasteiger partial charge in [0, 0.05) is 5.92 Å². The molecule has 2 N–H and O–H groups in total. The van der Waals surface area contributed by atoms with Crippen LogP contribution in [0.4, 0.5) is 0 Å². The second-order valence-corrected chi connectivity index (χ2v) is 6.44. The van der Waals surface area contributed by atoms with E-state index in [2.05, 4.69) is 9.97 Å². The molecule has 6 nitrogen and oxygen atoms in total. The Morgan fingerprint density at radius 3 is 2.71 bits per heavy atom. The van der Waals surface area contributed by atoms with Crippen molar-refractivity contribution in [2.45, 2.75) is 25.7 Å². The summed E-state index contributed by atoms with van der Waals surface area (Å²) in [4.78, 5) is 18.0. The third-order valence-corrected chi connectivity index (χ3v) is 4.75. The molecule has 0 aromatic carbocycles. The SMILES string of the molecule is CCc1c(O)nc(C2CCS(=O)(=O)C2)[nH]c1=O. The van der Waals surface area contributed by atoms with Crippen LogP contribution in [-0.2, 0) is 16.3 Å². The molecule has 1 aliphatic rings. The average Bonchev–Trinajstić information content (AvgIpc) is 2.58. The lowest BCUT2D eigenvalue weighted by atomic mass is 10.1. The van der Waals surface area contributed by atoms with Gasteiger partial charge in [0.2, 0.25) is 5.88 Å². The fraction of sp³-hybridized carbons (Fsp3) is 0.600. The van der Waals surface area contributed by atoms with Gasteiger partial charge in [0.05, 0.1) is 17.1 Å². The molecule has 1 atom stereocenters. The van der Waals surface area contributed by atoms with E-state index in [1.54, 1.807) is 6.92 Å². The van der Waals surface area contributed by atoms with E-state index >= 15 is 0 Å². The minimum atomic E-state index is -3.03. The third-order valence-electron chi connectivity index (χ3n) is 2.98. The Hall–Kier alpha value is -1.37. The summed E-state index contributed by atoms with van der Waals surface area (Å²) in [7, 11) is -3.03. The molecule has 7 heteroatoms. The Morgan fingerprint density at radius 2 is 2.24 bits per heavy atom. The van der Waals surface area contributed by atoms with Crippen LogP contribution in [0.5, 0.6) is 5.88 Å². The normalized spacial score (nSPS) is 22.8. The molecule has 1 unspecified atom stereocenters. The molecular formula is C10H14N2O4S. The minimum Gasteiger partial charge on any atom is -0.493 e. The summed E-state index contributed by atoms with van der Waals surface area (Å²) < 4.78 is 22.6. The Kier molecular flexibility index (Phi) is 2.94. The number of hydrogen-bond donors (Lipinski definition) is 2. The van der Waals surface area contributed by atoms with E-state index in [4.69, 9.17) is 0 Å². The quantitative estimate of drug-likeness (QED) is 0.774. The average molecular weight is 258 g/mol. The van der Waals surface area contributed by atoms with Gasteiger partial charge in [0.15, 0.2) is 9.84 Å². The van der Waals surface area contributed by atoms with Crippen LogP contribution < -0.4 is 5.56 Å². The zero-order valence-corrected chi connectivity index (χ0v) is 10.2. The number of H-pyrrole nitrogens is 1. The molecule has 2 heterocycles. The molecule has 1 fully saturated rings. The van der Waals surface area contributed by atoms with Gasteiger partial charge >= 0.3 is 0 Å². The zero-order valence-electron chi connectivity index (χ0n) is 9.43. The predicted molar refractivity (Wildman–Crippen MR) is 61.9 cm³/mol. The number of aromatic nitrogens is 2. The first-order valence-corrected chi connectivity index (χ1v) is 7.27. The lowest BCUT2D eigenvalue weighted by molar-refractivity contribution is 0.437. The lowest BCUT2D eigenvalue weighted by Crippen LogP contribution is -2.19. The van der Waals surface area contributed by atoms with E-state index in [9.17, 15) is 18.3 Å². The molecule has 0 spiro atoms. The van der Waals surface area contributed by atoms with Gasteiger partial charge in [-0.15, -0.1) is 0 Å². The van der Waals surface area contributed by atoms with Crippen LogP contribution in [0.3, 0.4) is 0 Å². The largest absolute Gasteiger partial charge is 0.493 e. The maximum absolute atomic E-state index is 11.6.